The van der Waals surface area contributed by atoms with E-state index in [1.807, 2.05) is 0 Å². The summed E-state index contributed by atoms with van der Waals surface area (Å²) < 4.78 is 4.39. The van der Waals surface area contributed by atoms with Gasteiger partial charge in [-0.05, 0) is 6.42 Å². The van der Waals surface area contributed by atoms with Crippen LogP contribution < -0.4 is 0 Å². The summed E-state index contributed by atoms with van der Waals surface area (Å²) in [4.78, 5) is 21.8. The second kappa shape index (κ2) is 8.48. The molecule has 0 radical (unpaired) electrons. The van der Waals surface area contributed by atoms with Crippen LogP contribution in [0.3, 0.4) is 0 Å². The van der Waals surface area contributed by atoms with E-state index in [9.17, 15) is 9.59 Å². The van der Waals surface area contributed by atoms with Gasteiger partial charge in [0.2, 0.25) is 0 Å². The fourth-order valence-electron chi connectivity index (χ4n) is 1.03. The van der Waals surface area contributed by atoms with Crippen LogP contribution >= 0.6 is 0 Å². The van der Waals surface area contributed by atoms with Crippen molar-refractivity contribution >= 4 is 11.8 Å². The molecule has 0 amide bonds. The molecule has 0 unspecified atom stereocenters. The molecule has 0 fully saturated rings. The lowest BCUT2D eigenvalue weighted by Gasteiger charge is -1.95. The van der Waals surface area contributed by atoms with Crippen molar-refractivity contribution in [3.63, 3.8) is 0 Å². The Hall–Kier alpha value is -1.12. The van der Waals surface area contributed by atoms with E-state index in [-0.39, 0.29) is 5.78 Å². The van der Waals surface area contributed by atoms with Crippen molar-refractivity contribution < 1.29 is 14.3 Å². The second-order valence-electron chi connectivity index (χ2n) is 3.13. The van der Waals surface area contributed by atoms with E-state index in [0.29, 0.717) is 12.8 Å². The lowest BCUT2D eigenvalue weighted by atomic mass is 10.1. The van der Waals surface area contributed by atoms with Crippen molar-refractivity contribution in [2.45, 2.75) is 39.0 Å². The second-order valence-corrected chi connectivity index (χ2v) is 3.13. The number of carbonyl (C=O) groups excluding carboxylic acids is 2. The Morgan fingerprint density at radius 3 is 2.57 bits per heavy atom. The number of ether oxygens (including phenoxy) is 1. The Morgan fingerprint density at radius 2 is 2.00 bits per heavy atom. The predicted octanol–water partition coefficient (Wildman–Crippen LogP) is 2.26. The molecule has 0 heterocycles. The minimum atomic E-state index is -0.411. The summed E-state index contributed by atoms with van der Waals surface area (Å²) in [6.07, 6.45) is 6.94. The molecule has 0 aliphatic carbocycles. The molecular formula is C11H18O3. The number of Topliss-reactive ketones (excluding diaryl/α,β-unsaturated/α-hetero) is 1. The summed E-state index contributed by atoms with van der Waals surface area (Å²) >= 11 is 0. The van der Waals surface area contributed by atoms with E-state index < -0.39 is 5.97 Å². The molecule has 0 aromatic heterocycles. The van der Waals surface area contributed by atoms with Crippen molar-refractivity contribution in [1.29, 1.82) is 0 Å². The van der Waals surface area contributed by atoms with E-state index in [0.717, 1.165) is 19.3 Å². The highest BCUT2D eigenvalue weighted by Crippen LogP contribution is 2.02. The summed E-state index contributed by atoms with van der Waals surface area (Å²) in [6, 6.07) is 0. The smallest absolute Gasteiger partial charge is 0.330 e. The van der Waals surface area contributed by atoms with E-state index in [4.69, 9.17) is 0 Å². The Kier molecular flexibility index (Phi) is 7.80. The standard InChI is InChI=1S/C11H18O3/c1-3-4-5-7-10(12)8-6-9-11(13)14-2/h6,9H,3-5,7-8H2,1-2H3/b9-6+. The van der Waals surface area contributed by atoms with Crippen molar-refractivity contribution in [3.8, 4) is 0 Å². The fourth-order valence-corrected chi connectivity index (χ4v) is 1.03. The molecular weight excluding hydrogens is 180 g/mol. The van der Waals surface area contributed by atoms with Gasteiger partial charge in [0.1, 0.15) is 5.78 Å². The zero-order valence-corrected chi connectivity index (χ0v) is 8.91. The summed E-state index contributed by atoms with van der Waals surface area (Å²) in [5.74, 6) is -0.232. The molecule has 0 atom stereocenters. The molecule has 0 aliphatic heterocycles. The van der Waals surface area contributed by atoms with Crippen LogP contribution in [0, 0.1) is 0 Å². The molecule has 14 heavy (non-hydrogen) atoms. The van der Waals surface area contributed by atoms with Crippen LogP contribution in [-0.4, -0.2) is 18.9 Å². The molecule has 3 heteroatoms. The van der Waals surface area contributed by atoms with Gasteiger partial charge in [-0.1, -0.05) is 25.8 Å². The highest BCUT2D eigenvalue weighted by molar-refractivity contribution is 5.84. The molecule has 0 aromatic carbocycles. The number of carbonyl (C=O) groups is 2. The topological polar surface area (TPSA) is 43.4 Å². The SMILES string of the molecule is CCCCCC(=O)C/C=C/C(=O)OC. The fraction of sp³-hybridized carbons (Fsp3) is 0.636. The van der Waals surface area contributed by atoms with E-state index in [2.05, 4.69) is 11.7 Å². The van der Waals surface area contributed by atoms with Gasteiger partial charge in [0.15, 0.2) is 0 Å². The maximum atomic E-state index is 11.2. The van der Waals surface area contributed by atoms with Crippen molar-refractivity contribution in [1.82, 2.24) is 0 Å². The first kappa shape index (κ1) is 12.9. The average Bonchev–Trinajstić information content (AvgIpc) is 2.18. The lowest BCUT2D eigenvalue weighted by Crippen LogP contribution is -1.97. The normalized spacial score (nSPS) is 10.4. The Morgan fingerprint density at radius 1 is 1.29 bits per heavy atom. The zero-order chi connectivity index (χ0) is 10.8. The van der Waals surface area contributed by atoms with E-state index in [1.165, 1.54) is 13.2 Å². The third-order valence-electron chi connectivity index (χ3n) is 1.86. The third-order valence-corrected chi connectivity index (χ3v) is 1.86. The van der Waals surface area contributed by atoms with Gasteiger partial charge >= 0.3 is 5.97 Å². The van der Waals surface area contributed by atoms with Gasteiger partial charge in [-0.2, -0.15) is 0 Å². The van der Waals surface area contributed by atoms with Crippen LogP contribution in [0.15, 0.2) is 12.2 Å². The first-order chi connectivity index (χ1) is 6.70. The van der Waals surface area contributed by atoms with Crippen molar-refractivity contribution in [2.24, 2.45) is 0 Å². The van der Waals surface area contributed by atoms with E-state index in [1.54, 1.807) is 6.08 Å². The van der Waals surface area contributed by atoms with Crippen LogP contribution in [0.25, 0.3) is 0 Å². The quantitative estimate of drug-likeness (QED) is 0.358. The van der Waals surface area contributed by atoms with Crippen LogP contribution in [0.1, 0.15) is 39.0 Å². The number of rotatable bonds is 7. The average molecular weight is 198 g/mol. The number of unbranched alkanes of at least 4 members (excludes halogenated alkanes) is 2. The predicted molar refractivity (Wildman–Crippen MR) is 54.9 cm³/mol. The van der Waals surface area contributed by atoms with Gasteiger partial charge in [-0.3, -0.25) is 4.79 Å². The number of hydrogen-bond acceptors (Lipinski definition) is 3. The first-order valence-electron chi connectivity index (χ1n) is 4.97. The lowest BCUT2D eigenvalue weighted by molar-refractivity contribution is -0.134. The van der Waals surface area contributed by atoms with Crippen LogP contribution in [0.5, 0.6) is 0 Å². The van der Waals surface area contributed by atoms with Gasteiger partial charge in [0.25, 0.3) is 0 Å². The Bertz CT molecular complexity index is 207. The minimum absolute atomic E-state index is 0.179. The zero-order valence-electron chi connectivity index (χ0n) is 8.91. The molecule has 0 spiro atoms. The molecule has 0 N–H and O–H groups in total. The highest BCUT2D eigenvalue weighted by Gasteiger charge is 1.99. The molecule has 3 nitrogen and oxygen atoms in total. The maximum absolute atomic E-state index is 11.2. The monoisotopic (exact) mass is 198 g/mol. The third kappa shape index (κ3) is 7.53. The number of allylic oxidation sites excluding steroid dienone is 1. The number of hydrogen-bond donors (Lipinski definition) is 0. The number of esters is 1. The van der Waals surface area contributed by atoms with Crippen LogP contribution in [0.2, 0.25) is 0 Å². The molecule has 0 saturated carbocycles. The van der Waals surface area contributed by atoms with Gasteiger partial charge in [-0.25, -0.2) is 4.79 Å². The largest absolute Gasteiger partial charge is 0.466 e. The van der Waals surface area contributed by atoms with Crippen molar-refractivity contribution in [2.75, 3.05) is 7.11 Å². The number of methoxy groups -OCH3 is 1. The molecule has 0 aliphatic rings. The summed E-state index contributed by atoms with van der Waals surface area (Å²) in [5, 5.41) is 0. The number of ketones is 1. The van der Waals surface area contributed by atoms with Crippen LogP contribution in [0.4, 0.5) is 0 Å². The van der Waals surface area contributed by atoms with Gasteiger partial charge < -0.3 is 4.74 Å². The van der Waals surface area contributed by atoms with E-state index >= 15 is 0 Å². The molecule has 0 bridgehead atoms. The summed E-state index contributed by atoms with van der Waals surface area (Å²) in [5.41, 5.74) is 0. The molecule has 0 rings (SSSR count). The summed E-state index contributed by atoms with van der Waals surface area (Å²) in [6.45, 7) is 2.10. The van der Waals surface area contributed by atoms with Gasteiger partial charge in [0.05, 0.1) is 7.11 Å². The Labute approximate surface area is 85.1 Å². The molecule has 0 saturated heterocycles. The van der Waals surface area contributed by atoms with Crippen LogP contribution in [-0.2, 0) is 14.3 Å². The Balaban J connectivity index is 3.53. The van der Waals surface area contributed by atoms with Gasteiger partial charge in [0, 0.05) is 18.9 Å². The minimum Gasteiger partial charge on any atom is -0.466 e. The molecule has 80 valence electrons. The summed E-state index contributed by atoms with van der Waals surface area (Å²) in [7, 11) is 1.32. The highest BCUT2D eigenvalue weighted by atomic mass is 16.5. The maximum Gasteiger partial charge on any atom is 0.330 e. The van der Waals surface area contributed by atoms with Gasteiger partial charge in [-0.15, -0.1) is 0 Å². The molecule has 0 aromatic rings. The van der Waals surface area contributed by atoms with Crippen molar-refractivity contribution in [3.05, 3.63) is 12.2 Å². The first-order valence-corrected chi connectivity index (χ1v) is 4.97.